The Balaban J connectivity index is 0.000000620. The molecular formula is C19H21F3N2O4. The third-order valence-electron chi connectivity index (χ3n) is 3.71. The van der Waals surface area contributed by atoms with E-state index in [-0.39, 0.29) is 23.8 Å². The minimum absolute atomic E-state index is 0.0739. The maximum Gasteiger partial charge on any atom is 0.420 e. The molecule has 9 heteroatoms. The fourth-order valence-corrected chi connectivity index (χ4v) is 2.02. The van der Waals surface area contributed by atoms with Crippen LogP contribution in [0.25, 0.3) is 0 Å². The summed E-state index contributed by atoms with van der Waals surface area (Å²) >= 11 is 0. The summed E-state index contributed by atoms with van der Waals surface area (Å²) in [6, 6.07) is 10.0. The maximum absolute atomic E-state index is 13.1. The molecule has 0 atom stereocenters. The van der Waals surface area contributed by atoms with Crippen molar-refractivity contribution in [2.24, 2.45) is 5.73 Å². The second kappa shape index (κ2) is 9.32. The van der Waals surface area contributed by atoms with Crippen molar-refractivity contribution in [3.8, 4) is 17.2 Å². The van der Waals surface area contributed by atoms with Crippen LogP contribution >= 0.6 is 0 Å². The van der Waals surface area contributed by atoms with E-state index in [2.05, 4.69) is 5.32 Å². The van der Waals surface area contributed by atoms with Gasteiger partial charge in [0, 0.05) is 12.6 Å². The monoisotopic (exact) mass is 398 g/mol. The number of hydrogen-bond donors (Lipinski definition) is 3. The summed E-state index contributed by atoms with van der Waals surface area (Å²) in [6.45, 7) is 0.0892. The first kappa shape index (κ1) is 21.4. The van der Waals surface area contributed by atoms with E-state index in [1.165, 1.54) is 44.2 Å². The molecule has 1 amide bonds. The molecule has 2 aromatic carbocycles. The normalized spacial score (nSPS) is 13.2. The van der Waals surface area contributed by atoms with Gasteiger partial charge in [0.25, 0.3) is 0 Å². The van der Waals surface area contributed by atoms with Gasteiger partial charge in [0.05, 0.1) is 7.11 Å². The molecule has 0 spiro atoms. The molecule has 4 N–H and O–H groups in total. The Morgan fingerprint density at radius 3 is 2.21 bits per heavy atom. The number of halogens is 3. The van der Waals surface area contributed by atoms with Crippen LogP contribution in [0.5, 0.6) is 17.2 Å². The maximum atomic E-state index is 13.1. The van der Waals surface area contributed by atoms with Crippen LogP contribution < -0.4 is 20.5 Å². The summed E-state index contributed by atoms with van der Waals surface area (Å²) in [7, 11) is 1.28. The van der Waals surface area contributed by atoms with E-state index in [9.17, 15) is 18.0 Å². The zero-order valence-electron chi connectivity index (χ0n) is 15.1. The summed E-state index contributed by atoms with van der Waals surface area (Å²) in [6.07, 6.45) is -3.22. The third kappa shape index (κ3) is 6.99. The fourth-order valence-electron chi connectivity index (χ4n) is 2.02. The van der Waals surface area contributed by atoms with Crippen molar-refractivity contribution in [2.75, 3.05) is 7.11 Å². The minimum atomic E-state index is -4.59. The number of hydrogen-bond acceptors (Lipinski definition) is 4. The van der Waals surface area contributed by atoms with Gasteiger partial charge in [-0.1, -0.05) is 12.1 Å². The Bertz CT molecular complexity index is 791. The Labute approximate surface area is 160 Å². The largest absolute Gasteiger partial charge is 0.497 e. The molecule has 3 rings (SSSR count). The Morgan fingerprint density at radius 2 is 1.75 bits per heavy atom. The summed E-state index contributed by atoms with van der Waals surface area (Å²) in [4.78, 5) is 10.4. The molecule has 152 valence electrons. The first-order valence-corrected chi connectivity index (χ1v) is 8.43. The quantitative estimate of drug-likeness (QED) is 0.695. The van der Waals surface area contributed by atoms with E-state index in [1.807, 2.05) is 0 Å². The first-order valence-electron chi connectivity index (χ1n) is 8.43. The van der Waals surface area contributed by atoms with Gasteiger partial charge in [-0.25, -0.2) is 4.79 Å². The SMILES string of the molecule is COc1ccc(Oc2ccc(CNC(=O)O)cc2)c(C(F)(F)F)c1.NC1CC1. The highest BCUT2D eigenvalue weighted by molar-refractivity contribution is 5.64. The van der Waals surface area contributed by atoms with Crippen molar-refractivity contribution in [1.29, 1.82) is 0 Å². The van der Waals surface area contributed by atoms with Crippen molar-refractivity contribution in [2.45, 2.75) is 31.6 Å². The van der Waals surface area contributed by atoms with Gasteiger partial charge in [-0.15, -0.1) is 0 Å². The summed E-state index contributed by atoms with van der Waals surface area (Å²) in [5.41, 5.74) is 4.92. The van der Waals surface area contributed by atoms with Crippen LogP contribution in [-0.2, 0) is 12.7 Å². The van der Waals surface area contributed by atoms with Gasteiger partial charge >= 0.3 is 12.3 Å². The van der Waals surface area contributed by atoms with Gasteiger partial charge in [0.1, 0.15) is 22.8 Å². The lowest BCUT2D eigenvalue weighted by Crippen LogP contribution is -2.19. The molecular weight excluding hydrogens is 377 g/mol. The van der Waals surface area contributed by atoms with Crippen LogP contribution in [0.1, 0.15) is 24.0 Å². The Morgan fingerprint density at radius 1 is 1.18 bits per heavy atom. The van der Waals surface area contributed by atoms with Crippen molar-refractivity contribution in [1.82, 2.24) is 5.32 Å². The van der Waals surface area contributed by atoms with Gasteiger partial charge in [-0.3, -0.25) is 0 Å². The summed E-state index contributed by atoms with van der Waals surface area (Å²) in [5.74, 6) is -0.0748. The van der Waals surface area contributed by atoms with Crippen molar-refractivity contribution < 1.29 is 32.5 Å². The van der Waals surface area contributed by atoms with E-state index < -0.39 is 17.8 Å². The number of methoxy groups -OCH3 is 1. The molecule has 0 bridgehead atoms. The van der Waals surface area contributed by atoms with E-state index in [4.69, 9.17) is 20.3 Å². The van der Waals surface area contributed by atoms with E-state index in [1.54, 1.807) is 12.1 Å². The highest BCUT2D eigenvalue weighted by Crippen LogP contribution is 2.40. The topological polar surface area (TPSA) is 93.8 Å². The number of nitrogens with two attached hydrogens (primary N) is 1. The molecule has 0 radical (unpaired) electrons. The molecule has 0 aliphatic heterocycles. The molecule has 6 nitrogen and oxygen atoms in total. The first-order chi connectivity index (χ1) is 13.2. The van der Waals surface area contributed by atoms with Gasteiger partial charge in [-0.2, -0.15) is 13.2 Å². The summed E-state index contributed by atoms with van der Waals surface area (Å²) in [5, 5.41) is 10.7. The Hall–Kier alpha value is -2.94. The number of carbonyl (C=O) groups is 1. The zero-order valence-corrected chi connectivity index (χ0v) is 15.1. The number of carboxylic acid groups (broad SMARTS) is 1. The van der Waals surface area contributed by atoms with E-state index >= 15 is 0 Å². The molecule has 0 unspecified atom stereocenters. The lowest BCUT2D eigenvalue weighted by molar-refractivity contribution is -0.138. The van der Waals surface area contributed by atoms with Crippen molar-refractivity contribution in [3.63, 3.8) is 0 Å². The van der Waals surface area contributed by atoms with Crippen molar-refractivity contribution >= 4 is 6.09 Å². The molecule has 1 aliphatic carbocycles. The van der Waals surface area contributed by atoms with E-state index in [0.29, 0.717) is 11.6 Å². The van der Waals surface area contributed by atoms with Crippen LogP contribution in [0, 0.1) is 0 Å². The predicted octanol–water partition coefficient (Wildman–Crippen LogP) is 4.38. The molecule has 1 aliphatic rings. The predicted molar refractivity (Wildman–Crippen MR) is 96.6 cm³/mol. The van der Waals surface area contributed by atoms with Crippen molar-refractivity contribution in [3.05, 3.63) is 53.6 Å². The lowest BCUT2D eigenvalue weighted by Gasteiger charge is -2.15. The molecule has 28 heavy (non-hydrogen) atoms. The number of ether oxygens (including phenoxy) is 2. The van der Waals surface area contributed by atoms with Gasteiger partial charge in [0.2, 0.25) is 0 Å². The minimum Gasteiger partial charge on any atom is -0.497 e. The molecule has 2 aromatic rings. The van der Waals surface area contributed by atoms with E-state index in [0.717, 1.165) is 6.07 Å². The third-order valence-corrected chi connectivity index (χ3v) is 3.71. The number of rotatable bonds is 5. The molecule has 1 saturated carbocycles. The van der Waals surface area contributed by atoms with Gasteiger partial charge in [0.15, 0.2) is 0 Å². The average Bonchev–Trinajstić information content (AvgIpc) is 3.43. The highest BCUT2D eigenvalue weighted by atomic mass is 19.4. The smallest absolute Gasteiger partial charge is 0.420 e. The standard InChI is InChI=1S/C16H14F3NO4.C3H7N/c1-23-12-6-7-14(13(8-12)16(17,18)19)24-11-4-2-10(3-5-11)9-20-15(21)22;4-3-1-2-3/h2-8,20H,9H2,1H3,(H,21,22);3H,1-2,4H2. The number of nitrogens with one attached hydrogen (secondary N) is 1. The van der Waals surface area contributed by atoms with Crippen LogP contribution in [0.3, 0.4) is 0 Å². The number of alkyl halides is 3. The molecule has 0 aromatic heterocycles. The highest BCUT2D eigenvalue weighted by Gasteiger charge is 2.35. The summed E-state index contributed by atoms with van der Waals surface area (Å²) < 4.78 is 49.4. The lowest BCUT2D eigenvalue weighted by atomic mass is 10.1. The molecule has 0 saturated heterocycles. The second-order valence-electron chi connectivity index (χ2n) is 6.10. The van der Waals surface area contributed by atoms with Gasteiger partial charge < -0.3 is 25.6 Å². The number of benzene rings is 2. The Kier molecular flexibility index (Phi) is 7.11. The molecule has 0 heterocycles. The number of amides is 1. The zero-order chi connectivity index (χ0) is 20.7. The van der Waals surface area contributed by atoms with Crippen LogP contribution in [-0.4, -0.2) is 24.4 Å². The molecule has 1 fully saturated rings. The van der Waals surface area contributed by atoms with Gasteiger partial charge in [-0.05, 0) is 48.7 Å². The van der Waals surface area contributed by atoms with Crippen LogP contribution in [0.4, 0.5) is 18.0 Å². The van der Waals surface area contributed by atoms with Crippen LogP contribution in [0.2, 0.25) is 0 Å². The second-order valence-corrected chi connectivity index (χ2v) is 6.10. The fraction of sp³-hybridized carbons (Fsp3) is 0.316. The average molecular weight is 398 g/mol. The van der Waals surface area contributed by atoms with Crippen LogP contribution in [0.15, 0.2) is 42.5 Å².